The Kier molecular flexibility index (Phi) is 7.37. The molecule has 0 radical (unpaired) electrons. The van der Waals surface area contributed by atoms with Gasteiger partial charge in [0.25, 0.3) is 0 Å². The third-order valence-electron chi connectivity index (χ3n) is 4.70. The number of ketones is 1. The van der Waals surface area contributed by atoms with Crippen LogP contribution in [0.1, 0.15) is 66.2 Å². The van der Waals surface area contributed by atoms with Gasteiger partial charge in [0, 0.05) is 13.5 Å². The Morgan fingerprint density at radius 3 is 2.19 bits per heavy atom. The fraction of sp³-hybridized carbons (Fsp3) is 0.737. The number of carbonyl (C=O) groups excluding carboxylic acids is 1. The van der Waals surface area contributed by atoms with Crippen molar-refractivity contribution in [3.63, 3.8) is 0 Å². The van der Waals surface area contributed by atoms with E-state index in [9.17, 15) is 4.79 Å². The summed E-state index contributed by atoms with van der Waals surface area (Å²) in [7, 11) is 1.68. The number of hydrogen-bond donors (Lipinski definition) is 0. The molecule has 1 rings (SSSR count). The van der Waals surface area contributed by atoms with Gasteiger partial charge in [-0.1, -0.05) is 62.8 Å². The molecule has 2 heteroatoms. The minimum absolute atomic E-state index is 0.327. The van der Waals surface area contributed by atoms with Crippen molar-refractivity contribution in [3.8, 4) is 0 Å². The molecule has 1 aliphatic carbocycles. The molecule has 0 amide bonds. The number of methoxy groups -OCH3 is 1. The normalized spacial score (nSPS) is 17.0. The predicted octanol–water partition coefficient (Wildman–Crippen LogP) is 5.09. The van der Waals surface area contributed by atoms with Crippen LogP contribution in [0.2, 0.25) is 0 Å². The van der Waals surface area contributed by atoms with Gasteiger partial charge in [-0.05, 0) is 26.2 Å². The van der Waals surface area contributed by atoms with Crippen LogP contribution in [0.4, 0.5) is 0 Å². The summed E-state index contributed by atoms with van der Waals surface area (Å²) in [6.45, 7) is 9.10. The van der Waals surface area contributed by atoms with Gasteiger partial charge in [0.15, 0.2) is 0 Å². The molecule has 0 N–H and O–H groups in total. The van der Waals surface area contributed by atoms with Gasteiger partial charge in [-0.25, -0.2) is 0 Å². The molecule has 21 heavy (non-hydrogen) atoms. The summed E-state index contributed by atoms with van der Waals surface area (Å²) in [4.78, 5) is 12.8. The first-order valence-corrected chi connectivity index (χ1v) is 8.33. The zero-order valence-corrected chi connectivity index (χ0v) is 14.5. The highest BCUT2D eigenvalue weighted by Gasteiger charge is 2.42. The molecular weight excluding hydrogens is 260 g/mol. The van der Waals surface area contributed by atoms with E-state index >= 15 is 0 Å². The molecule has 0 heterocycles. The lowest BCUT2D eigenvalue weighted by Crippen LogP contribution is -2.36. The minimum atomic E-state index is -0.479. The first-order chi connectivity index (χ1) is 9.95. The average Bonchev–Trinajstić information content (AvgIpc) is 2.71. The first-order valence-electron chi connectivity index (χ1n) is 8.33. The number of rotatable bonds is 10. The maximum absolute atomic E-state index is 12.8. The Morgan fingerprint density at radius 1 is 1.10 bits per heavy atom. The minimum Gasteiger partial charge on any atom is -0.383 e. The third-order valence-corrected chi connectivity index (χ3v) is 4.70. The van der Waals surface area contributed by atoms with Gasteiger partial charge in [-0.2, -0.15) is 0 Å². The second-order valence-electron chi connectivity index (χ2n) is 6.81. The molecule has 2 nitrogen and oxygen atoms in total. The summed E-state index contributed by atoms with van der Waals surface area (Å²) in [5.41, 5.74) is 1.78. The molecule has 0 saturated carbocycles. The SMILES string of the molecule is COCC1(C(=O)CCCCCCC(C)C)C(C)=CC=C1C. The number of Topliss-reactive ketones (excluding diaryl/α,β-unsaturated/α-hetero) is 1. The van der Waals surface area contributed by atoms with Crippen molar-refractivity contribution < 1.29 is 9.53 Å². The van der Waals surface area contributed by atoms with Gasteiger partial charge in [-0.15, -0.1) is 0 Å². The zero-order chi connectivity index (χ0) is 15.9. The summed E-state index contributed by atoms with van der Waals surface area (Å²) >= 11 is 0. The van der Waals surface area contributed by atoms with Gasteiger partial charge >= 0.3 is 0 Å². The Morgan fingerprint density at radius 2 is 1.67 bits per heavy atom. The molecule has 0 aliphatic heterocycles. The second-order valence-corrected chi connectivity index (χ2v) is 6.81. The van der Waals surface area contributed by atoms with Crippen molar-refractivity contribution in [3.05, 3.63) is 23.3 Å². The number of unbranched alkanes of at least 4 members (excludes halogenated alkanes) is 3. The smallest absolute Gasteiger partial charge is 0.149 e. The maximum atomic E-state index is 12.8. The highest BCUT2D eigenvalue weighted by molar-refractivity contribution is 5.92. The largest absolute Gasteiger partial charge is 0.383 e. The van der Waals surface area contributed by atoms with Crippen LogP contribution in [0.25, 0.3) is 0 Å². The van der Waals surface area contributed by atoms with Gasteiger partial charge in [0.05, 0.1) is 12.0 Å². The molecule has 0 aromatic carbocycles. The van der Waals surface area contributed by atoms with Crippen LogP contribution in [0.5, 0.6) is 0 Å². The first kappa shape index (κ1) is 18.2. The fourth-order valence-electron chi connectivity index (χ4n) is 3.22. The molecule has 1 aliphatic rings. The summed E-state index contributed by atoms with van der Waals surface area (Å²) in [5.74, 6) is 1.11. The van der Waals surface area contributed by atoms with Gasteiger partial charge < -0.3 is 4.74 Å². The van der Waals surface area contributed by atoms with E-state index in [0.29, 0.717) is 18.8 Å². The summed E-state index contributed by atoms with van der Waals surface area (Å²) in [6, 6.07) is 0. The molecule has 0 bridgehead atoms. The van der Waals surface area contributed by atoms with Crippen molar-refractivity contribution in [1.29, 1.82) is 0 Å². The van der Waals surface area contributed by atoms with E-state index in [1.165, 1.54) is 19.3 Å². The van der Waals surface area contributed by atoms with Crippen LogP contribution < -0.4 is 0 Å². The van der Waals surface area contributed by atoms with Crippen LogP contribution in [0, 0.1) is 11.3 Å². The predicted molar refractivity (Wildman–Crippen MR) is 89.4 cm³/mol. The van der Waals surface area contributed by atoms with Crippen LogP contribution in [0.3, 0.4) is 0 Å². The molecular formula is C19H32O2. The third kappa shape index (κ3) is 4.54. The van der Waals surface area contributed by atoms with Crippen molar-refractivity contribution in [2.75, 3.05) is 13.7 Å². The highest BCUT2D eigenvalue weighted by Crippen LogP contribution is 2.42. The van der Waals surface area contributed by atoms with Crippen LogP contribution in [0.15, 0.2) is 23.3 Å². The molecule has 0 spiro atoms. The molecule has 0 aromatic heterocycles. The topological polar surface area (TPSA) is 26.3 Å². The van der Waals surface area contributed by atoms with E-state index in [0.717, 1.165) is 29.9 Å². The standard InChI is InChI=1S/C19H32O2/c1-15(2)10-8-6-7-9-11-18(20)19(14-21-5)16(3)12-13-17(19)4/h12-13,15H,6-11,14H2,1-5H3. The van der Waals surface area contributed by atoms with Crippen LogP contribution in [-0.4, -0.2) is 19.5 Å². The van der Waals surface area contributed by atoms with E-state index in [1.807, 2.05) is 13.8 Å². The summed E-state index contributed by atoms with van der Waals surface area (Å²) in [5, 5.41) is 0. The molecule has 0 fully saturated rings. The maximum Gasteiger partial charge on any atom is 0.149 e. The number of carbonyl (C=O) groups is 1. The Balaban J connectivity index is 2.45. The van der Waals surface area contributed by atoms with Crippen molar-refractivity contribution >= 4 is 5.78 Å². The lowest BCUT2D eigenvalue weighted by molar-refractivity contribution is -0.127. The fourth-order valence-corrected chi connectivity index (χ4v) is 3.22. The van der Waals surface area contributed by atoms with Crippen molar-refractivity contribution in [1.82, 2.24) is 0 Å². The van der Waals surface area contributed by atoms with E-state index in [1.54, 1.807) is 7.11 Å². The summed E-state index contributed by atoms with van der Waals surface area (Å²) < 4.78 is 5.36. The summed E-state index contributed by atoms with van der Waals surface area (Å²) in [6.07, 6.45) is 10.8. The molecule has 0 atom stereocenters. The van der Waals surface area contributed by atoms with Crippen molar-refractivity contribution in [2.24, 2.45) is 11.3 Å². The van der Waals surface area contributed by atoms with Gasteiger partial charge in [-0.3, -0.25) is 4.79 Å². The number of ether oxygens (including phenoxy) is 1. The van der Waals surface area contributed by atoms with E-state index in [-0.39, 0.29) is 0 Å². The number of hydrogen-bond acceptors (Lipinski definition) is 2. The number of allylic oxidation sites excluding steroid dienone is 2. The average molecular weight is 292 g/mol. The lowest BCUT2D eigenvalue weighted by Gasteiger charge is -2.31. The van der Waals surface area contributed by atoms with Crippen molar-refractivity contribution in [2.45, 2.75) is 66.2 Å². The lowest BCUT2D eigenvalue weighted by atomic mass is 9.73. The van der Waals surface area contributed by atoms with E-state index in [2.05, 4.69) is 26.0 Å². The highest BCUT2D eigenvalue weighted by atomic mass is 16.5. The second kappa shape index (κ2) is 8.53. The van der Waals surface area contributed by atoms with Gasteiger partial charge in [0.2, 0.25) is 0 Å². The van der Waals surface area contributed by atoms with Crippen LogP contribution >= 0.6 is 0 Å². The monoisotopic (exact) mass is 292 g/mol. The molecule has 0 unspecified atom stereocenters. The van der Waals surface area contributed by atoms with E-state index in [4.69, 9.17) is 4.74 Å². The Hall–Kier alpha value is -0.890. The molecule has 0 aromatic rings. The van der Waals surface area contributed by atoms with Crippen LogP contribution in [-0.2, 0) is 9.53 Å². The quantitative estimate of drug-likeness (QED) is 0.524. The Bertz CT molecular complexity index is 384. The molecule has 0 saturated heterocycles. The molecule has 120 valence electrons. The Labute approximate surface area is 130 Å². The van der Waals surface area contributed by atoms with Gasteiger partial charge in [0.1, 0.15) is 5.78 Å². The van der Waals surface area contributed by atoms with E-state index < -0.39 is 5.41 Å². The zero-order valence-electron chi connectivity index (χ0n) is 14.5.